The summed E-state index contributed by atoms with van der Waals surface area (Å²) in [5, 5.41) is 7.13. The Bertz CT molecular complexity index is 897. The molecule has 146 valence electrons. The SMILES string of the molecule is Cc1nc(C2(NC(=O)c3ccc(CN4C(=O)CCC4=O)cc3)CCCC2)no1. The van der Waals surface area contributed by atoms with Gasteiger partial charge in [-0.05, 0) is 30.5 Å². The number of rotatable bonds is 5. The molecule has 0 bridgehead atoms. The number of likely N-dealkylation sites (tertiary alicyclic amines) is 1. The van der Waals surface area contributed by atoms with Gasteiger partial charge in [-0.3, -0.25) is 19.3 Å². The lowest BCUT2D eigenvalue weighted by Gasteiger charge is -2.26. The average molecular weight is 382 g/mol. The number of aryl methyl sites for hydroxylation is 1. The Balaban J connectivity index is 1.47. The second-order valence-corrected chi connectivity index (χ2v) is 7.45. The second kappa shape index (κ2) is 7.18. The van der Waals surface area contributed by atoms with Crippen LogP contribution in [0, 0.1) is 6.92 Å². The third kappa shape index (κ3) is 3.42. The summed E-state index contributed by atoms with van der Waals surface area (Å²) in [6.45, 7) is 1.97. The zero-order chi connectivity index (χ0) is 19.7. The Morgan fingerprint density at radius 3 is 2.36 bits per heavy atom. The van der Waals surface area contributed by atoms with Crippen LogP contribution >= 0.6 is 0 Å². The van der Waals surface area contributed by atoms with Gasteiger partial charge in [0.25, 0.3) is 5.91 Å². The molecule has 8 nitrogen and oxygen atoms in total. The van der Waals surface area contributed by atoms with Crippen molar-refractivity contribution in [1.82, 2.24) is 20.4 Å². The van der Waals surface area contributed by atoms with E-state index in [4.69, 9.17) is 4.52 Å². The molecule has 3 amide bonds. The average Bonchev–Trinajstić information content (AvgIpc) is 3.40. The molecule has 1 N–H and O–H groups in total. The van der Waals surface area contributed by atoms with Crippen LogP contribution in [0.5, 0.6) is 0 Å². The van der Waals surface area contributed by atoms with E-state index in [1.165, 1.54) is 4.90 Å². The lowest BCUT2D eigenvalue weighted by molar-refractivity contribution is -0.139. The molecule has 0 radical (unpaired) electrons. The van der Waals surface area contributed by atoms with Gasteiger partial charge in [0.1, 0.15) is 5.54 Å². The Hall–Kier alpha value is -3.03. The van der Waals surface area contributed by atoms with Gasteiger partial charge in [-0.1, -0.05) is 30.1 Å². The maximum atomic E-state index is 12.8. The van der Waals surface area contributed by atoms with Crippen molar-refractivity contribution >= 4 is 17.7 Å². The van der Waals surface area contributed by atoms with Crippen molar-refractivity contribution in [2.24, 2.45) is 0 Å². The topological polar surface area (TPSA) is 105 Å². The lowest BCUT2D eigenvalue weighted by Crippen LogP contribution is -2.44. The van der Waals surface area contributed by atoms with E-state index in [9.17, 15) is 14.4 Å². The van der Waals surface area contributed by atoms with Crippen LogP contribution in [-0.4, -0.2) is 32.8 Å². The van der Waals surface area contributed by atoms with Crippen LogP contribution in [0.15, 0.2) is 28.8 Å². The number of aromatic nitrogens is 2. The third-order valence-corrected chi connectivity index (χ3v) is 5.48. The minimum Gasteiger partial charge on any atom is -0.340 e. The van der Waals surface area contributed by atoms with Gasteiger partial charge in [-0.25, -0.2) is 0 Å². The largest absolute Gasteiger partial charge is 0.340 e. The molecule has 4 rings (SSSR count). The predicted octanol–water partition coefficient (Wildman–Crippen LogP) is 2.23. The van der Waals surface area contributed by atoms with Crippen molar-refractivity contribution < 1.29 is 18.9 Å². The van der Waals surface area contributed by atoms with E-state index in [2.05, 4.69) is 15.5 Å². The first kappa shape index (κ1) is 18.3. The molecular formula is C20H22N4O4. The number of hydrogen-bond donors (Lipinski definition) is 1. The first-order valence-electron chi connectivity index (χ1n) is 9.52. The highest BCUT2D eigenvalue weighted by Gasteiger charge is 2.41. The Morgan fingerprint density at radius 1 is 1.14 bits per heavy atom. The Labute approximate surface area is 162 Å². The lowest BCUT2D eigenvalue weighted by atomic mass is 9.95. The van der Waals surface area contributed by atoms with Crippen LogP contribution in [0.1, 0.15) is 66.2 Å². The van der Waals surface area contributed by atoms with Crippen molar-refractivity contribution in [2.45, 2.75) is 57.5 Å². The maximum Gasteiger partial charge on any atom is 0.252 e. The normalized spacial score (nSPS) is 18.7. The number of benzene rings is 1. The molecule has 28 heavy (non-hydrogen) atoms. The zero-order valence-corrected chi connectivity index (χ0v) is 15.7. The van der Waals surface area contributed by atoms with E-state index < -0.39 is 5.54 Å². The number of nitrogens with one attached hydrogen (secondary N) is 1. The number of imide groups is 1. The molecule has 2 heterocycles. The van der Waals surface area contributed by atoms with Gasteiger partial charge in [0.15, 0.2) is 5.82 Å². The number of nitrogens with zero attached hydrogens (tertiary/aromatic N) is 3. The van der Waals surface area contributed by atoms with E-state index in [0.29, 0.717) is 17.3 Å². The molecule has 1 aromatic heterocycles. The van der Waals surface area contributed by atoms with Gasteiger partial charge in [0.2, 0.25) is 17.7 Å². The van der Waals surface area contributed by atoms with Crippen LogP contribution in [0.25, 0.3) is 0 Å². The minimum atomic E-state index is -0.595. The summed E-state index contributed by atoms with van der Waals surface area (Å²) in [5.41, 5.74) is 0.723. The van der Waals surface area contributed by atoms with Gasteiger partial charge < -0.3 is 9.84 Å². The molecule has 2 aliphatic rings. The molecule has 2 fully saturated rings. The van der Waals surface area contributed by atoms with Crippen LogP contribution < -0.4 is 5.32 Å². The van der Waals surface area contributed by atoms with Crippen LogP contribution in [0.2, 0.25) is 0 Å². The predicted molar refractivity (Wildman–Crippen MR) is 97.9 cm³/mol. The van der Waals surface area contributed by atoms with Gasteiger partial charge in [0, 0.05) is 25.3 Å². The van der Waals surface area contributed by atoms with Crippen LogP contribution in [0.3, 0.4) is 0 Å². The van der Waals surface area contributed by atoms with Crippen molar-refractivity contribution in [1.29, 1.82) is 0 Å². The third-order valence-electron chi connectivity index (χ3n) is 5.48. The molecule has 8 heteroatoms. The molecular weight excluding hydrogens is 360 g/mol. The Morgan fingerprint density at radius 2 is 1.79 bits per heavy atom. The first-order valence-corrected chi connectivity index (χ1v) is 9.52. The van der Waals surface area contributed by atoms with Crippen LogP contribution in [0.4, 0.5) is 0 Å². The fourth-order valence-corrected chi connectivity index (χ4v) is 3.91. The van der Waals surface area contributed by atoms with Gasteiger partial charge >= 0.3 is 0 Å². The van der Waals surface area contributed by atoms with Crippen LogP contribution in [-0.2, 0) is 21.7 Å². The molecule has 1 saturated carbocycles. The number of amides is 3. The molecule has 2 aromatic rings. The smallest absolute Gasteiger partial charge is 0.252 e. The second-order valence-electron chi connectivity index (χ2n) is 7.45. The number of carbonyl (C=O) groups is 3. The van der Waals surface area contributed by atoms with Crippen molar-refractivity contribution in [3.63, 3.8) is 0 Å². The molecule has 0 spiro atoms. The van der Waals surface area contributed by atoms with E-state index in [1.54, 1.807) is 31.2 Å². The summed E-state index contributed by atoms with van der Waals surface area (Å²) in [4.78, 5) is 41.9. The monoisotopic (exact) mass is 382 g/mol. The van der Waals surface area contributed by atoms with Gasteiger partial charge in [0.05, 0.1) is 6.54 Å². The first-order chi connectivity index (χ1) is 13.5. The zero-order valence-electron chi connectivity index (χ0n) is 15.7. The molecule has 1 aliphatic carbocycles. The molecule has 1 aromatic carbocycles. The number of carbonyl (C=O) groups excluding carboxylic acids is 3. The summed E-state index contributed by atoms with van der Waals surface area (Å²) < 4.78 is 5.11. The van der Waals surface area contributed by atoms with E-state index in [1.807, 2.05) is 0 Å². The van der Waals surface area contributed by atoms with Crippen molar-refractivity contribution in [2.75, 3.05) is 0 Å². The molecule has 0 unspecified atom stereocenters. The molecule has 1 saturated heterocycles. The molecule has 0 atom stereocenters. The molecule has 1 aliphatic heterocycles. The van der Waals surface area contributed by atoms with Crippen molar-refractivity contribution in [3.05, 3.63) is 47.1 Å². The van der Waals surface area contributed by atoms with E-state index in [-0.39, 0.29) is 37.1 Å². The maximum absolute atomic E-state index is 12.8. The summed E-state index contributed by atoms with van der Waals surface area (Å²) in [6.07, 6.45) is 4.08. The van der Waals surface area contributed by atoms with E-state index >= 15 is 0 Å². The number of hydrogen-bond acceptors (Lipinski definition) is 6. The summed E-state index contributed by atoms with van der Waals surface area (Å²) >= 11 is 0. The quantitative estimate of drug-likeness (QED) is 0.795. The summed E-state index contributed by atoms with van der Waals surface area (Å²) in [5.74, 6) is 0.504. The van der Waals surface area contributed by atoms with E-state index in [0.717, 1.165) is 31.2 Å². The standard InChI is InChI=1S/C20H22N4O4/c1-13-21-19(23-28-13)20(10-2-3-11-20)22-18(27)15-6-4-14(5-7-15)12-24-16(25)8-9-17(24)26/h4-7H,2-3,8-12H2,1H3,(H,22,27). The summed E-state index contributed by atoms with van der Waals surface area (Å²) in [6, 6.07) is 6.96. The fourth-order valence-electron chi connectivity index (χ4n) is 3.91. The van der Waals surface area contributed by atoms with Gasteiger partial charge in [-0.15, -0.1) is 0 Å². The minimum absolute atomic E-state index is 0.148. The highest BCUT2D eigenvalue weighted by molar-refractivity contribution is 6.01. The van der Waals surface area contributed by atoms with Crippen molar-refractivity contribution in [3.8, 4) is 0 Å². The Kier molecular flexibility index (Phi) is 4.70. The highest BCUT2D eigenvalue weighted by Crippen LogP contribution is 2.37. The summed E-state index contributed by atoms with van der Waals surface area (Å²) in [7, 11) is 0. The van der Waals surface area contributed by atoms with Gasteiger partial charge in [-0.2, -0.15) is 4.98 Å². The fraction of sp³-hybridized carbons (Fsp3) is 0.450. The highest BCUT2D eigenvalue weighted by atomic mass is 16.5.